The zero-order valence-electron chi connectivity index (χ0n) is 19.7. The summed E-state index contributed by atoms with van der Waals surface area (Å²) in [6.45, 7) is 12.0. The molecule has 32 heavy (non-hydrogen) atoms. The average Bonchev–Trinajstić information content (AvgIpc) is 3.37. The molecule has 7 nitrogen and oxygen atoms in total. The van der Waals surface area contributed by atoms with E-state index in [1.54, 1.807) is 23.1 Å². The zero-order chi connectivity index (χ0) is 23.5. The van der Waals surface area contributed by atoms with Crippen LogP contribution in [0.2, 0.25) is 0 Å². The number of aryl methyl sites for hydroxylation is 1. The summed E-state index contributed by atoms with van der Waals surface area (Å²) in [7, 11) is 0. The molecule has 1 N–H and O–H groups in total. The molecule has 0 atom stereocenters. The lowest BCUT2D eigenvalue weighted by atomic mass is 9.92. The number of nitrogens with zero attached hydrogens (tertiary/aromatic N) is 3. The smallest absolute Gasteiger partial charge is 0.245 e. The molecule has 2 aromatic heterocycles. The van der Waals surface area contributed by atoms with Gasteiger partial charge in [0.05, 0.1) is 24.2 Å². The quantitative estimate of drug-likeness (QED) is 0.582. The summed E-state index contributed by atoms with van der Waals surface area (Å²) in [6.07, 6.45) is 1.56. The predicted octanol–water partition coefficient (Wildman–Crippen LogP) is 4.69. The van der Waals surface area contributed by atoms with Gasteiger partial charge in [0.2, 0.25) is 11.8 Å². The van der Waals surface area contributed by atoms with E-state index in [0.29, 0.717) is 11.6 Å². The first-order chi connectivity index (χ1) is 15.1. The second-order valence-corrected chi connectivity index (χ2v) is 9.34. The highest BCUT2D eigenvalue weighted by atomic mass is 16.3. The summed E-state index contributed by atoms with van der Waals surface area (Å²) < 4.78 is 7.14. The summed E-state index contributed by atoms with van der Waals surface area (Å²) in [5.74, 6) is 0.568. The van der Waals surface area contributed by atoms with E-state index in [4.69, 9.17) is 9.52 Å². The van der Waals surface area contributed by atoms with Gasteiger partial charge in [-0.2, -0.15) is 5.10 Å². The van der Waals surface area contributed by atoms with Crippen molar-refractivity contribution in [2.75, 3.05) is 11.9 Å². The molecule has 0 saturated heterocycles. The van der Waals surface area contributed by atoms with Gasteiger partial charge in [-0.15, -0.1) is 0 Å². The monoisotopic (exact) mass is 436 g/mol. The largest absolute Gasteiger partial charge is 0.467 e. The van der Waals surface area contributed by atoms with Crippen molar-refractivity contribution in [3.63, 3.8) is 0 Å². The molecule has 2 heterocycles. The maximum absolute atomic E-state index is 13.0. The van der Waals surface area contributed by atoms with Crippen LogP contribution in [0.1, 0.15) is 51.6 Å². The number of amides is 2. The van der Waals surface area contributed by atoms with Crippen molar-refractivity contribution in [3.8, 4) is 5.69 Å². The highest BCUT2D eigenvalue weighted by molar-refractivity contribution is 5.94. The Morgan fingerprint density at radius 3 is 2.47 bits per heavy atom. The summed E-state index contributed by atoms with van der Waals surface area (Å²) in [5, 5.41) is 7.74. The molecule has 170 valence electrons. The van der Waals surface area contributed by atoms with Crippen molar-refractivity contribution in [3.05, 3.63) is 65.7 Å². The Hall–Kier alpha value is -3.35. The van der Waals surface area contributed by atoms with Gasteiger partial charge in [0.25, 0.3) is 0 Å². The lowest BCUT2D eigenvalue weighted by molar-refractivity contribution is -0.138. The number of furan rings is 1. The molecule has 2 amide bonds. The van der Waals surface area contributed by atoms with E-state index < -0.39 is 0 Å². The normalized spacial score (nSPS) is 11.6. The van der Waals surface area contributed by atoms with E-state index in [1.165, 1.54) is 4.90 Å². The number of aromatic nitrogens is 2. The second-order valence-electron chi connectivity index (χ2n) is 9.34. The highest BCUT2D eigenvalue weighted by Gasteiger charge is 2.24. The lowest BCUT2D eigenvalue weighted by Crippen LogP contribution is -2.39. The lowest BCUT2D eigenvalue weighted by Gasteiger charge is -2.23. The van der Waals surface area contributed by atoms with Crippen molar-refractivity contribution < 1.29 is 14.0 Å². The van der Waals surface area contributed by atoms with Gasteiger partial charge in [0.1, 0.15) is 18.1 Å². The van der Waals surface area contributed by atoms with Crippen molar-refractivity contribution >= 4 is 17.6 Å². The number of carbonyl (C=O) groups excluding carboxylic acids is 2. The molecular formula is C25H32N4O3. The molecule has 3 aromatic rings. The molecule has 0 aliphatic heterocycles. The SMILES string of the molecule is Cc1ccccc1-n1nc(C(C)(C)C)cc1NC(=O)CN(Cc1ccco1)C(=O)C(C)C. The molecule has 0 unspecified atom stereocenters. The Labute approximate surface area is 189 Å². The molecular weight excluding hydrogens is 404 g/mol. The van der Waals surface area contributed by atoms with E-state index in [9.17, 15) is 9.59 Å². The summed E-state index contributed by atoms with van der Waals surface area (Å²) in [6, 6.07) is 13.3. The van der Waals surface area contributed by atoms with Crippen LogP contribution in [0.25, 0.3) is 5.69 Å². The van der Waals surface area contributed by atoms with Crippen molar-refractivity contribution in [2.24, 2.45) is 5.92 Å². The first kappa shape index (κ1) is 23.3. The number of nitrogens with one attached hydrogen (secondary N) is 1. The molecule has 0 radical (unpaired) electrons. The van der Waals surface area contributed by atoms with Crippen LogP contribution in [-0.2, 0) is 21.5 Å². The highest BCUT2D eigenvalue weighted by Crippen LogP contribution is 2.27. The molecule has 0 bridgehead atoms. The van der Waals surface area contributed by atoms with Gasteiger partial charge < -0.3 is 14.6 Å². The first-order valence-electron chi connectivity index (χ1n) is 10.8. The van der Waals surface area contributed by atoms with Crippen molar-refractivity contribution in [2.45, 2.75) is 53.5 Å². The third-order valence-electron chi connectivity index (χ3n) is 5.16. The summed E-state index contributed by atoms with van der Waals surface area (Å²) in [5.41, 5.74) is 2.61. The van der Waals surface area contributed by atoms with Crippen LogP contribution in [-0.4, -0.2) is 33.0 Å². The third-order valence-corrected chi connectivity index (χ3v) is 5.16. The van der Waals surface area contributed by atoms with Crippen molar-refractivity contribution in [1.82, 2.24) is 14.7 Å². The molecule has 0 fully saturated rings. The van der Waals surface area contributed by atoms with E-state index in [0.717, 1.165) is 16.9 Å². The molecule has 0 saturated carbocycles. The molecule has 0 aliphatic carbocycles. The molecule has 1 aromatic carbocycles. The number of benzene rings is 1. The van der Waals surface area contributed by atoms with Gasteiger partial charge in [0, 0.05) is 17.4 Å². The minimum atomic E-state index is -0.291. The third kappa shape index (κ3) is 5.46. The second kappa shape index (κ2) is 9.42. The maximum atomic E-state index is 13.0. The fraction of sp³-hybridized carbons (Fsp3) is 0.400. The van der Waals surface area contributed by atoms with Gasteiger partial charge in [-0.1, -0.05) is 52.8 Å². The Kier molecular flexibility index (Phi) is 6.87. The predicted molar refractivity (Wildman–Crippen MR) is 125 cm³/mol. The van der Waals surface area contributed by atoms with E-state index in [2.05, 4.69) is 26.1 Å². The standard InChI is InChI=1S/C25H32N4O3/c1-17(2)24(31)28(15-19-11-9-13-32-19)16-23(30)26-22-14-21(25(4,5)6)27-29(22)20-12-8-7-10-18(20)3/h7-14,17H,15-16H2,1-6H3,(H,26,30). The van der Waals surface area contributed by atoms with Gasteiger partial charge >= 0.3 is 0 Å². The fourth-order valence-electron chi connectivity index (χ4n) is 3.34. The van der Waals surface area contributed by atoms with Gasteiger partial charge in [0.15, 0.2) is 0 Å². The summed E-state index contributed by atoms with van der Waals surface area (Å²) in [4.78, 5) is 27.3. The number of hydrogen-bond acceptors (Lipinski definition) is 4. The van der Waals surface area contributed by atoms with E-state index >= 15 is 0 Å². The van der Waals surface area contributed by atoms with E-state index in [-0.39, 0.29) is 36.2 Å². The van der Waals surface area contributed by atoms with Crippen LogP contribution in [0.3, 0.4) is 0 Å². The average molecular weight is 437 g/mol. The Bertz CT molecular complexity index is 1080. The molecule has 3 rings (SSSR count). The van der Waals surface area contributed by atoms with E-state index in [1.807, 2.05) is 51.1 Å². The zero-order valence-corrected chi connectivity index (χ0v) is 19.7. The molecule has 0 aliphatic rings. The number of para-hydroxylation sites is 1. The number of rotatable bonds is 7. The van der Waals surface area contributed by atoms with Crippen LogP contribution in [0.4, 0.5) is 5.82 Å². The number of anilines is 1. The Morgan fingerprint density at radius 1 is 1.16 bits per heavy atom. The summed E-state index contributed by atoms with van der Waals surface area (Å²) >= 11 is 0. The van der Waals surface area contributed by atoms with Crippen LogP contribution < -0.4 is 5.32 Å². The molecule has 0 spiro atoms. The number of carbonyl (C=O) groups is 2. The van der Waals surface area contributed by atoms with Crippen LogP contribution in [0, 0.1) is 12.8 Å². The minimum Gasteiger partial charge on any atom is -0.467 e. The van der Waals surface area contributed by atoms with Gasteiger partial charge in [-0.3, -0.25) is 9.59 Å². The van der Waals surface area contributed by atoms with Crippen LogP contribution >= 0.6 is 0 Å². The van der Waals surface area contributed by atoms with Gasteiger partial charge in [-0.25, -0.2) is 4.68 Å². The topological polar surface area (TPSA) is 80.4 Å². The van der Waals surface area contributed by atoms with Crippen molar-refractivity contribution in [1.29, 1.82) is 0 Å². The maximum Gasteiger partial charge on any atom is 0.245 e. The Balaban J connectivity index is 1.87. The molecule has 7 heteroatoms. The Morgan fingerprint density at radius 2 is 1.88 bits per heavy atom. The van der Waals surface area contributed by atoms with Crippen LogP contribution in [0.5, 0.6) is 0 Å². The van der Waals surface area contributed by atoms with Gasteiger partial charge in [-0.05, 0) is 30.7 Å². The fourth-order valence-corrected chi connectivity index (χ4v) is 3.34. The minimum absolute atomic E-state index is 0.0818. The first-order valence-corrected chi connectivity index (χ1v) is 10.8. The number of hydrogen-bond donors (Lipinski definition) is 1. The van der Waals surface area contributed by atoms with Crippen LogP contribution in [0.15, 0.2) is 53.1 Å².